The Kier molecular flexibility index (Phi) is 4.21. The predicted octanol–water partition coefficient (Wildman–Crippen LogP) is 0.961. The molecule has 0 radical (unpaired) electrons. The summed E-state index contributed by atoms with van der Waals surface area (Å²) >= 11 is 0. The summed E-state index contributed by atoms with van der Waals surface area (Å²) in [5.41, 5.74) is -0.366. The van der Waals surface area contributed by atoms with Crippen LogP contribution in [-0.2, 0) is 4.74 Å². The molecule has 1 atom stereocenters. The number of hydrogen-bond donors (Lipinski definition) is 2. The Morgan fingerprint density at radius 1 is 1.69 bits per heavy atom. The van der Waals surface area contributed by atoms with Crippen molar-refractivity contribution >= 4 is 6.09 Å². The molecule has 74 valence electrons. The van der Waals surface area contributed by atoms with Gasteiger partial charge in [0.15, 0.2) is 0 Å². The van der Waals surface area contributed by atoms with Gasteiger partial charge in [-0.25, -0.2) is 4.79 Å². The van der Waals surface area contributed by atoms with Crippen molar-refractivity contribution in [3.8, 4) is 6.07 Å². The monoisotopic (exact) mass is 186 g/mol. The first kappa shape index (κ1) is 11.7. The lowest BCUT2D eigenvalue weighted by molar-refractivity contribution is -0.00773. The van der Waals surface area contributed by atoms with Crippen LogP contribution in [0.3, 0.4) is 0 Å². The van der Waals surface area contributed by atoms with Gasteiger partial charge in [0.25, 0.3) is 0 Å². The van der Waals surface area contributed by atoms with Crippen LogP contribution in [-0.4, -0.2) is 29.4 Å². The van der Waals surface area contributed by atoms with Gasteiger partial charge in [0.05, 0.1) is 18.3 Å². The summed E-state index contributed by atoms with van der Waals surface area (Å²) in [6, 6.07) is 0.980. The first-order valence-corrected chi connectivity index (χ1v) is 3.88. The van der Waals surface area contributed by atoms with Crippen molar-refractivity contribution in [2.75, 3.05) is 6.61 Å². The van der Waals surface area contributed by atoms with Crippen molar-refractivity contribution in [2.24, 2.45) is 0 Å². The van der Waals surface area contributed by atoms with Crippen LogP contribution in [0.2, 0.25) is 0 Å². The lowest BCUT2D eigenvalue weighted by Gasteiger charge is -2.21. The molecule has 0 bridgehead atoms. The van der Waals surface area contributed by atoms with Gasteiger partial charge >= 0.3 is 6.09 Å². The Hall–Kier alpha value is -1.28. The SMILES string of the molecule is CC(C)(C)OCC(C#N)NC(=O)O. The summed E-state index contributed by atoms with van der Waals surface area (Å²) in [7, 11) is 0. The van der Waals surface area contributed by atoms with E-state index in [1.807, 2.05) is 26.1 Å². The van der Waals surface area contributed by atoms with Crippen molar-refractivity contribution in [1.82, 2.24) is 5.32 Å². The van der Waals surface area contributed by atoms with Gasteiger partial charge in [0.1, 0.15) is 6.04 Å². The largest absolute Gasteiger partial charge is 0.465 e. The van der Waals surface area contributed by atoms with Crippen LogP contribution in [0.1, 0.15) is 20.8 Å². The molecule has 0 saturated heterocycles. The van der Waals surface area contributed by atoms with Crippen LogP contribution >= 0.6 is 0 Å². The number of hydrogen-bond acceptors (Lipinski definition) is 3. The molecule has 1 amide bonds. The molecule has 2 N–H and O–H groups in total. The summed E-state index contributed by atoms with van der Waals surface area (Å²) in [5, 5.41) is 18.9. The molecule has 0 aliphatic heterocycles. The fraction of sp³-hybridized carbons (Fsp3) is 0.750. The van der Waals surface area contributed by atoms with E-state index in [9.17, 15) is 4.79 Å². The van der Waals surface area contributed by atoms with E-state index in [-0.39, 0.29) is 12.2 Å². The highest BCUT2D eigenvalue weighted by atomic mass is 16.5. The molecule has 5 heteroatoms. The molecular weight excluding hydrogens is 172 g/mol. The predicted molar refractivity (Wildman–Crippen MR) is 46.3 cm³/mol. The van der Waals surface area contributed by atoms with Gasteiger partial charge in [-0.1, -0.05) is 0 Å². The normalized spacial score (nSPS) is 13.1. The molecule has 0 aliphatic carbocycles. The van der Waals surface area contributed by atoms with Gasteiger partial charge in [-0.05, 0) is 20.8 Å². The van der Waals surface area contributed by atoms with Crippen LogP contribution in [0.25, 0.3) is 0 Å². The Morgan fingerprint density at radius 2 is 2.23 bits per heavy atom. The number of nitrogens with zero attached hydrogens (tertiary/aromatic N) is 1. The summed E-state index contributed by atoms with van der Waals surface area (Å²) in [6.45, 7) is 5.57. The Balaban J connectivity index is 3.88. The molecule has 0 fully saturated rings. The molecule has 0 saturated carbocycles. The Labute approximate surface area is 77.3 Å². The molecule has 0 aromatic heterocycles. The van der Waals surface area contributed by atoms with Gasteiger partial charge < -0.3 is 15.2 Å². The maximum Gasteiger partial charge on any atom is 0.405 e. The average Bonchev–Trinajstić information content (AvgIpc) is 1.95. The van der Waals surface area contributed by atoms with E-state index < -0.39 is 12.1 Å². The van der Waals surface area contributed by atoms with Crippen LogP contribution in [0, 0.1) is 11.3 Å². The standard InChI is InChI=1S/C8H14N2O3/c1-8(2,3)13-5-6(4-9)10-7(11)12/h6,10H,5H2,1-3H3,(H,11,12). The highest BCUT2D eigenvalue weighted by molar-refractivity contribution is 5.65. The topological polar surface area (TPSA) is 82.3 Å². The number of amides is 1. The van der Waals surface area contributed by atoms with Crippen molar-refractivity contribution < 1.29 is 14.6 Å². The van der Waals surface area contributed by atoms with E-state index >= 15 is 0 Å². The third-order valence-electron chi connectivity index (χ3n) is 1.14. The summed E-state index contributed by atoms with van der Waals surface area (Å²) in [4.78, 5) is 10.2. The molecule has 0 aromatic carbocycles. The number of carboxylic acid groups (broad SMARTS) is 1. The maximum atomic E-state index is 10.2. The zero-order valence-electron chi connectivity index (χ0n) is 8.00. The highest BCUT2D eigenvalue weighted by Gasteiger charge is 2.16. The highest BCUT2D eigenvalue weighted by Crippen LogP contribution is 2.06. The van der Waals surface area contributed by atoms with Gasteiger partial charge in [-0.3, -0.25) is 0 Å². The lowest BCUT2D eigenvalue weighted by atomic mass is 10.2. The second-order valence-corrected chi connectivity index (χ2v) is 3.55. The van der Waals surface area contributed by atoms with Crippen LogP contribution < -0.4 is 5.32 Å². The van der Waals surface area contributed by atoms with E-state index in [0.29, 0.717) is 0 Å². The second-order valence-electron chi connectivity index (χ2n) is 3.55. The number of ether oxygens (including phenoxy) is 1. The fourth-order valence-electron chi connectivity index (χ4n) is 0.594. The van der Waals surface area contributed by atoms with Gasteiger partial charge in [0.2, 0.25) is 0 Å². The number of carbonyl (C=O) groups is 1. The molecule has 0 aliphatic rings. The smallest absolute Gasteiger partial charge is 0.405 e. The first-order valence-electron chi connectivity index (χ1n) is 3.88. The van der Waals surface area contributed by atoms with Crippen LogP contribution in [0.5, 0.6) is 0 Å². The minimum atomic E-state index is -1.22. The summed E-state index contributed by atoms with van der Waals surface area (Å²) < 4.78 is 5.23. The zero-order valence-corrected chi connectivity index (χ0v) is 8.00. The lowest BCUT2D eigenvalue weighted by Crippen LogP contribution is -2.38. The minimum Gasteiger partial charge on any atom is -0.465 e. The third-order valence-corrected chi connectivity index (χ3v) is 1.14. The van der Waals surface area contributed by atoms with Crippen molar-refractivity contribution in [3.63, 3.8) is 0 Å². The third kappa shape index (κ3) is 7.09. The van der Waals surface area contributed by atoms with Crippen molar-refractivity contribution in [2.45, 2.75) is 32.4 Å². The van der Waals surface area contributed by atoms with E-state index in [0.717, 1.165) is 0 Å². The first-order chi connectivity index (χ1) is 5.85. The Morgan fingerprint density at radius 3 is 2.54 bits per heavy atom. The van der Waals surface area contributed by atoms with Crippen molar-refractivity contribution in [1.29, 1.82) is 5.26 Å². The van der Waals surface area contributed by atoms with Gasteiger partial charge in [-0.2, -0.15) is 5.26 Å². The van der Waals surface area contributed by atoms with Crippen LogP contribution in [0.4, 0.5) is 4.79 Å². The van der Waals surface area contributed by atoms with E-state index in [1.165, 1.54) is 0 Å². The van der Waals surface area contributed by atoms with Gasteiger partial charge in [-0.15, -0.1) is 0 Å². The molecule has 5 nitrogen and oxygen atoms in total. The molecule has 0 spiro atoms. The molecule has 0 rings (SSSR count). The Bertz CT molecular complexity index is 214. The summed E-state index contributed by atoms with van der Waals surface area (Å²) in [5.74, 6) is 0. The molecule has 0 heterocycles. The number of nitriles is 1. The number of rotatable bonds is 3. The van der Waals surface area contributed by atoms with E-state index in [1.54, 1.807) is 6.07 Å². The number of nitrogens with one attached hydrogen (secondary N) is 1. The minimum absolute atomic E-state index is 0.0618. The van der Waals surface area contributed by atoms with E-state index in [4.69, 9.17) is 15.1 Å². The summed E-state index contributed by atoms with van der Waals surface area (Å²) in [6.07, 6.45) is -1.22. The average molecular weight is 186 g/mol. The molecule has 1 unspecified atom stereocenters. The molecule has 13 heavy (non-hydrogen) atoms. The molecular formula is C8H14N2O3. The fourth-order valence-corrected chi connectivity index (χ4v) is 0.594. The zero-order chi connectivity index (χ0) is 10.5. The van der Waals surface area contributed by atoms with E-state index in [2.05, 4.69) is 0 Å². The second kappa shape index (κ2) is 4.67. The van der Waals surface area contributed by atoms with Crippen LogP contribution in [0.15, 0.2) is 0 Å². The maximum absolute atomic E-state index is 10.2. The molecule has 0 aromatic rings. The quantitative estimate of drug-likeness (QED) is 0.687. The van der Waals surface area contributed by atoms with Gasteiger partial charge in [0, 0.05) is 0 Å². The van der Waals surface area contributed by atoms with Crippen molar-refractivity contribution in [3.05, 3.63) is 0 Å².